The third-order valence-corrected chi connectivity index (χ3v) is 3.79. The van der Waals surface area contributed by atoms with Crippen molar-refractivity contribution in [2.75, 3.05) is 13.7 Å². The van der Waals surface area contributed by atoms with Crippen LogP contribution in [0.4, 0.5) is 5.69 Å². The summed E-state index contributed by atoms with van der Waals surface area (Å²) in [6, 6.07) is 14.4. The third kappa shape index (κ3) is 5.72. The molecule has 0 aliphatic rings. The first-order valence-corrected chi connectivity index (χ1v) is 8.28. The van der Waals surface area contributed by atoms with E-state index in [1.807, 2.05) is 30.3 Å². The topological polar surface area (TPSA) is 61.6 Å². The lowest BCUT2D eigenvalue weighted by Crippen LogP contribution is -2.00. The number of benzene rings is 2. The van der Waals surface area contributed by atoms with Crippen LogP contribution in [0, 0.1) is 10.1 Å². The highest BCUT2D eigenvalue weighted by molar-refractivity contribution is 5.68. The van der Waals surface area contributed by atoms with E-state index in [2.05, 4.69) is 13.0 Å². The molecule has 0 atom stereocenters. The van der Waals surface area contributed by atoms with Gasteiger partial charge in [-0.15, -0.1) is 0 Å². The monoisotopic (exact) mass is 341 g/mol. The zero-order chi connectivity index (χ0) is 18.1. The summed E-state index contributed by atoms with van der Waals surface area (Å²) < 4.78 is 11.0. The molecule has 0 fully saturated rings. The maximum atomic E-state index is 11.0. The number of non-ortho nitro benzene ring substituents is 1. The summed E-state index contributed by atoms with van der Waals surface area (Å²) in [6.45, 7) is 2.98. The average molecular weight is 341 g/mol. The average Bonchev–Trinajstić information content (AvgIpc) is 2.65. The van der Waals surface area contributed by atoms with Crippen LogP contribution in [0.1, 0.15) is 30.9 Å². The minimum atomic E-state index is -0.376. The molecule has 0 saturated heterocycles. The number of nitro benzene ring substituents is 1. The summed E-state index contributed by atoms with van der Waals surface area (Å²) >= 11 is 0. The van der Waals surface area contributed by atoms with Crippen LogP contribution in [0.2, 0.25) is 0 Å². The highest BCUT2D eigenvalue weighted by atomic mass is 16.6. The zero-order valence-electron chi connectivity index (χ0n) is 14.6. The van der Waals surface area contributed by atoms with E-state index in [4.69, 9.17) is 9.47 Å². The van der Waals surface area contributed by atoms with Crippen LogP contribution in [-0.4, -0.2) is 18.6 Å². The maximum absolute atomic E-state index is 11.0. The van der Waals surface area contributed by atoms with E-state index in [1.165, 1.54) is 6.07 Å². The summed E-state index contributed by atoms with van der Waals surface area (Å²) in [4.78, 5) is 10.6. The van der Waals surface area contributed by atoms with Crippen molar-refractivity contribution in [1.29, 1.82) is 0 Å². The summed E-state index contributed by atoms with van der Waals surface area (Å²) in [7, 11) is 1.63. The molecule has 5 heteroatoms. The van der Waals surface area contributed by atoms with Crippen molar-refractivity contribution >= 4 is 11.3 Å². The predicted octanol–water partition coefficient (Wildman–Crippen LogP) is 5.00. The molecule has 0 amide bonds. The van der Waals surface area contributed by atoms with E-state index < -0.39 is 0 Å². The van der Waals surface area contributed by atoms with Gasteiger partial charge in [-0.25, -0.2) is 0 Å². The first-order valence-electron chi connectivity index (χ1n) is 8.28. The molecule has 0 spiro atoms. The SMILES string of the molecule is CCC/C=C(\COCc1ccc(OC)cc1)c1cccc([N+](=O)[O-])c1. The van der Waals surface area contributed by atoms with Crippen molar-refractivity contribution in [2.24, 2.45) is 0 Å². The van der Waals surface area contributed by atoms with Crippen LogP contribution in [0.5, 0.6) is 5.75 Å². The minimum absolute atomic E-state index is 0.0926. The van der Waals surface area contributed by atoms with Gasteiger partial charge in [-0.05, 0) is 35.3 Å². The molecule has 0 bridgehead atoms. The fourth-order valence-electron chi connectivity index (χ4n) is 2.40. The van der Waals surface area contributed by atoms with E-state index in [0.29, 0.717) is 13.2 Å². The molecule has 0 radical (unpaired) electrons. The largest absolute Gasteiger partial charge is 0.497 e. The van der Waals surface area contributed by atoms with Crippen LogP contribution < -0.4 is 4.74 Å². The van der Waals surface area contributed by atoms with Gasteiger partial charge in [0.1, 0.15) is 5.75 Å². The number of methoxy groups -OCH3 is 1. The molecule has 2 rings (SSSR count). The van der Waals surface area contributed by atoms with Gasteiger partial charge in [-0.3, -0.25) is 10.1 Å². The van der Waals surface area contributed by atoms with E-state index in [9.17, 15) is 10.1 Å². The van der Waals surface area contributed by atoms with Crippen LogP contribution in [0.15, 0.2) is 54.6 Å². The van der Waals surface area contributed by atoms with Gasteiger partial charge in [0.2, 0.25) is 0 Å². The second-order valence-corrected chi connectivity index (χ2v) is 5.67. The molecule has 2 aromatic rings. The quantitative estimate of drug-likeness (QED) is 0.475. The fourth-order valence-corrected chi connectivity index (χ4v) is 2.40. The van der Waals surface area contributed by atoms with Gasteiger partial charge in [0.25, 0.3) is 5.69 Å². The van der Waals surface area contributed by atoms with Gasteiger partial charge in [-0.2, -0.15) is 0 Å². The highest BCUT2D eigenvalue weighted by Gasteiger charge is 2.09. The Labute approximate surface area is 148 Å². The van der Waals surface area contributed by atoms with Crippen molar-refractivity contribution < 1.29 is 14.4 Å². The maximum Gasteiger partial charge on any atom is 0.270 e. The predicted molar refractivity (Wildman–Crippen MR) is 98.6 cm³/mol. The lowest BCUT2D eigenvalue weighted by molar-refractivity contribution is -0.384. The van der Waals surface area contributed by atoms with Crippen LogP contribution in [0.25, 0.3) is 5.57 Å². The first kappa shape index (κ1) is 18.7. The molecule has 132 valence electrons. The van der Waals surface area contributed by atoms with E-state index >= 15 is 0 Å². The molecule has 0 aliphatic heterocycles. The van der Waals surface area contributed by atoms with Gasteiger partial charge in [0.05, 0.1) is 25.2 Å². The number of nitro groups is 1. The Morgan fingerprint density at radius 3 is 2.60 bits per heavy atom. The standard InChI is InChI=1S/C20H23NO4/c1-3-4-6-18(17-7-5-8-19(13-17)21(22)23)15-25-14-16-9-11-20(24-2)12-10-16/h5-13H,3-4,14-15H2,1-2H3/b18-6+. The Morgan fingerprint density at radius 2 is 1.96 bits per heavy atom. The molecule has 2 aromatic carbocycles. The van der Waals surface area contributed by atoms with E-state index in [1.54, 1.807) is 19.2 Å². The van der Waals surface area contributed by atoms with Crippen molar-refractivity contribution in [3.8, 4) is 5.75 Å². The molecule has 0 aromatic heterocycles. The lowest BCUT2D eigenvalue weighted by Gasteiger charge is -2.10. The summed E-state index contributed by atoms with van der Waals surface area (Å²) in [6.07, 6.45) is 4.01. The number of allylic oxidation sites excluding steroid dienone is 1. The van der Waals surface area contributed by atoms with Crippen molar-refractivity contribution in [1.82, 2.24) is 0 Å². The van der Waals surface area contributed by atoms with Gasteiger partial charge in [0.15, 0.2) is 0 Å². The molecule has 0 aliphatic carbocycles. The lowest BCUT2D eigenvalue weighted by atomic mass is 10.0. The summed E-state index contributed by atoms with van der Waals surface area (Å²) in [5.41, 5.74) is 2.95. The summed E-state index contributed by atoms with van der Waals surface area (Å²) in [5.74, 6) is 0.809. The van der Waals surface area contributed by atoms with Gasteiger partial charge >= 0.3 is 0 Å². The van der Waals surface area contributed by atoms with E-state index in [-0.39, 0.29) is 10.6 Å². The third-order valence-electron chi connectivity index (χ3n) is 3.79. The summed E-state index contributed by atoms with van der Waals surface area (Å²) in [5, 5.41) is 11.0. The smallest absolute Gasteiger partial charge is 0.270 e. The Kier molecular flexibility index (Phi) is 7.16. The number of rotatable bonds is 9. The Morgan fingerprint density at radius 1 is 1.20 bits per heavy atom. The second kappa shape index (κ2) is 9.59. The number of unbranched alkanes of at least 4 members (excludes halogenated alkanes) is 1. The number of nitrogens with zero attached hydrogens (tertiary/aromatic N) is 1. The first-order chi connectivity index (χ1) is 12.1. The fraction of sp³-hybridized carbons (Fsp3) is 0.300. The van der Waals surface area contributed by atoms with E-state index in [0.717, 1.165) is 35.3 Å². The highest BCUT2D eigenvalue weighted by Crippen LogP contribution is 2.22. The molecule has 0 heterocycles. The Hall–Kier alpha value is -2.66. The van der Waals surface area contributed by atoms with Crippen molar-refractivity contribution in [2.45, 2.75) is 26.4 Å². The molecular formula is C20H23NO4. The zero-order valence-corrected chi connectivity index (χ0v) is 14.6. The van der Waals surface area contributed by atoms with Crippen molar-refractivity contribution in [3.63, 3.8) is 0 Å². The Bertz CT molecular complexity index is 723. The van der Waals surface area contributed by atoms with Crippen molar-refractivity contribution in [3.05, 3.63) is 75.8 Å². The van der Waals surface area contributed by atoms with Gasteiger partial charge < -0.3 is 9.47 Å². The number of hydrogen-bond donors (Lipinski definition) is 0. The van der Waals surface area contributed by atoms with Crippen LogP contribution >= 0.6 is 0 Å². The molecule has 0 N–H and O–H groups in total. The second-order valence-electron chi connectivity index (χ2n) is 5.67. The Balaban J connectivity index is 2.05. The van der Waals surface area contributed by atoms with Gasteiger partial charge in [0, 0.05) is 12.1 Å². The molecule has 25 heavy (non-hydrogen) atoms. The normalized spacial score (nSPS) is 11.4. The molecule has 0 unspecified atom stereocenters. The number of hydrogen-bond acceptors (Lipinski definition) is 4. The van der Waals surface area contributed by atoms with Crippen LogP contribution in [-0.2, 0) is 11.3 Å². The number of ether oxygens (including phenoxy) is 2. The van der Waals surface area contributed by atoms with Gasteiger partial charge in [-0.1, -0.05) is 43.7 Å². The molecular weight excluding hydrogens is 318 g/mol. The molecule has 0 saturated carbocycles. The van der Waals surface area contributed by atoms with Crippen LogP contribution in [0.3, 0.4) is 0 Å². The minimum Gasteiger partial charge on any atom is -0.497 e. The molecule has 5 nitrogen and oxygen atoms in total.